The Morgan fingerprint density at radius 1 is 0.425 bits per heavy atom. The van der Waals surface area contributed by atoms with Crippen molar-refractivity contribution < 1.29 is 0 Å². The zero-order valence-electron chi connectivity index (χ0n) is 23.5. The van der Waals surface area contributed by atoms with Gasteiger partial charge in [0.2, 0.25) is 0 Å². The summed E-state index contributed by atoms with van der Waals surface area (Å²) in [5.41, 5.74) is 8.81. The van der Waals surface area contributed by atoms with Gasteiger partial charge in [-0.1, -0.05) is 123 Å². The largest absolute Gasteiger partial charge is 0.118 e. The zero-order valence-corrected chi connectivity index (χ0v) is 30.1. The Bertz CT molecular complexity index is 1120. The van der Waals surface area contributed by atoms with Crippen LogP contribution in [0, 0.1) is 0 Å². The molecular formula is C32H36S8. The number of benzene rings is 2. The van der Waals surface area contributed by atoms with Gasteiger partial charge in [-0.2, -0.15) is 0 Å². The quantitative estimate of drug-likeness (QED) is 0.267. The maximum absolute atomic E-state index is 2.39. The Labute approximate surface area is 275 Å². The molecule has 0 spiro atoms. The molecular weight excluding hydrogens is 641 g/mol. The second-order valence-electron chi connectivity index (χ2n) is 9.41. The molecule has 2 aliphatic heterocycles. The molecule has 6 aliphatic rings. The van der Waals surface area contributed by atoms with Gasteiger partial charge in [-0.3, -0.25) is 0 Å². The fourth-order valence-electron chi connectivity index (χ4n) is 4.66. The van der Waals surface area contributed by atoms with Crippen LogP contribution in [0.25, 0.3) is 0 Å². The first-order valence-electron chi connectivity index (χ1n) is 13.9. The number of hydrogen-bond acceptors (Lipinski definition) is 8. The summed E-state index contributed by atoms with van der Waals surface area (Å²) < 4.78 is 9.03. The van der Waals surface area contributed by atoms with Gasteiger partial charge in [0, 0.05) is 0 Å². The van der Waals surface area contributed by atoms with E-state index in [0.717, 1.165) is 48.7 Å². The predicted octanol–water partition coefficient (Wildman–Crippen LogP) is 12.2. The van der Waals surface area contributed by atoms with E-state index in [2.05, 4.69) is 76.2 Å². The SMILES string of the molecule is CCSC1=C(SCC)SC(=C2Cc3ccc(cc3)CC(=C3SC(SCC)=C(SCC)S3)Cc3ccc(cc3)C2)S1. The Kier molecular flexibility index (Phi) is 12.5. The molecule has 4 aliphatic carbocycles. The van der Waals surface area contributed by atoms with Crippen molar-refractivity contribution in [2.45, 2.75) is 53.4 Å². The molecule has 212 valence electrons. The summed E-state index contributed by atoms with van der Waals surface area (Å²) in [6, 6.07) is 19.1. The van der Waals surface area contributed by atoms with Crippen molar-refractivity contribution in [3.63, 3.8) is 0 Å². The standard InChI is InChI=1S/C32H36S8/c1-5-33-29-30(34-6-2)38-27(37-29)25-17-21-9-13-23(14-10-21)19-26(20-24-15-11-22(18-25)12-16-24)28-39-31(35-7-3)32(40-28)36-8-4/h9-16H,5-8,17-20H2,1-4H3. The lowest BCUT2D eigenvalue weighted by Crippen LogP contribution is -2.02. The highest BCUT2D eigenvalue weighted by Gasteiger charge is 2.26. The first-order chi connectivity index (χ1) is 19.6. The highest BCUT2D eigenvalue weighted by molar-refractivity contribution is 8.41. The topological polar surface area (TPSA) is 0 Å². The molecule has 0 saturated heterocycles. The van der Waals surface area contributed by atoms with Crippen LogP contribution in [0.4, 0.5) is 0 Å². The van der Waals surface area contributed by atoms with Gasteiger partial charge < -0.3 is 0 Å². The van der Waals surface area contributed by atoms with Crippen molar-refractivity contribution in [1.82, 2.24) is 0 Å². The lowest BCUT2D eigenvalue weighted by atomic mass is 9.94. The number of hydrogen-bond donors (Lipinski definition) is 0. The van der Waals surface area contributed by atoms with Crippen LogP contribution < -0.4 is 0 Å². The van der Waals surface area contributed by atoms with Crippen molar-refractivity contribution in [2.75, 3.05) is 23.0 Å². The fourth-order valence-corrected chi connectivity index (χ4v) is 16.1. The average Bonchev–Trinajstić information content (AvgIpc) is 3.55. The molecule has 0 unspecified atom stereocenters. The van der Waals surface area contributed by atoms with Gasteiger partial charge in [-0.25, -0.2) is 0 Å². The van der Waals surface area contributed by atoms with Crippen LogP contribution in [0.5, 0.6) is 0 Å². The van der Waals surface area contributed by atoms with Gasteiger partial charge >= 0.3 is 0 Å². The van der Waals surface area contributed by atoms with E-state index in [4.69, 9.17) is 0 Å². The lowest BCUT2D eigenvalue weighted by Gasteiger charge is -2.16. The van der Waals surface area contributed by atoms with E-state index in [0.29, 0.717) is 0 Å². The van der Waals surface area contributed by atoms with Crippen molar-refractivity contribution in [2.24, 2.45) is 0 Å². The predicted molar refractivity (Wildman–Crippen MR) is 199 cm³/mol. The maximum atomic E-state index is 2.39. The van der Waals surface area contributed by atoms with E-state index in [1.165, 1.54) is 47.7 Å². The van der Waals surface area contributed by atoms with Crippen LogP contribution in [0.2, 0.25) is 0 Å². The summed E-state index contributed by atoms with van der Waals surface area (Å²) in [5, 5.41) is 0. The van der Waals surface area contributed by atoms with Crippen molar-refractivity contribution in [1.29, 1.82) is 0 Å². The minimum Gasteiger partial charge on any atom is -0.118 e. The first-order valence-corrected chi connectivity index (χ1v) is 21.1. The van der Waals surface area contributed by atoms with Gasteiger partial charge in [0.15, 0.2) is 0 Å². The van der Waals surface area contributed by atoms with Gasteiger partial charge in [0.1, 0.15) is 0 Å². The van der Waals surface area contributed by atoms with E-state index in [-0.39, 0.29) is 0 Å². The summed E-state index contributed by atoms with van der Waals surface area (Å²) >= 11 is 16.1. The lowest BCUT2D eigenvalue weighted by molar-refractivity contribution is 1.00. The third-order valence-electron chi connectivity index (χ3n) is 6.47. The summed E-state index contributed by atoms with van der Waals surface area (Å²) in [4.78, 5) is 0. The summed E-state index contributed by atoms with van der Waals surface area (Å²) in [5.74, 6) is 4.52. The normalized spacial score (nSPS) is 18.1. The Hall–Kier alpha value is 0.200. The van der Waals surface area contributed by atoms with Crippen LogP contribution in [0.1, 0.15) is 49.9 Å². The Morgan fingerprint density at radius 3 is 0.850 bits per heavy atom. The molecule has 40 heavy (non-hydrogen) atoms. The molecule has 0 atom stereocenters. The molecule has 0 aromatic heterocycles. The average molecular weight is 677 g/mol. The van der Waals surface area contributed by atoms with E-state index in [1.807, 2.05) is 94.1 Å². The molecule has 0 nitrogen and oxygen atoms in total. The highest BCUT2D eigenvalue weighted by atomic mass is 32.3. The van der Waals surface area contributed by atoms with Crippen LogP contribution in [-0.4, -0.2) is 23.0 Å². The van der Waals surface area contributed by atoms with Gasteiger partial charge in [0.25, 0.3) is 0 Å². The van der Waals surface area contributed by atoms with Crippen LogP contribution in [0.15, 0.2) is 85.1 Å². The second-order valence-corrected chi connectivity index (χ2v) is 20.1. The molecule has 0 N–H and O–H groups in total. The monoisotopic (exact) mass is 676 g/mol. The number of thioether (sulfide) groups is 8. The molecule has 0 radical (unpaired) electrons. The molecule has 2 heterocycles. The fraction of sp³-hybridized carbons (Fsp3) is 0.375. The molecule has 0 amide bonds. The van der Waals surface area contributed by atoms with E-state index >= 15 is 0 Å². The minimum absolute atomic E-state index is 1.02. The molecule has 8 rings (SSSR count). The van der Waals surface area contributed by atoms with Crippen molar-refractivity contribution in [3.8, 4) is 0 Å². The molecule has 2 aromatic carbocycles. The van der Waals surface area contributed by atoms with Crippen LogP contribution in [0.3, 0.4) is 0 Å². The van der Waals surface area contributed by atoms with Crippen molar-refractivity contribution in [3.05, 3.63) is 107 Å². The molecule has 8 heteroatoms. The van der Waals surface area contributed by atoms with E-state index in [1.54, 1.807) is 11.1 Å². The molecule has 2 aromatic rings. The smallest absolute Gasteiger partial charge is 0.0659 e. The van der Waals surface area contributed by atoms with Crippen LogP contribution >= 0.6 is 94.1 Å². The number of rotatable bonds is 8. The summed E-state index contributed by atoms with van der Waals surface area (Å²) in [6.45, 7) is 9.06. The Balaban J connectivity index is 1.46. The summed E-state index contributed by atoms with van der Waals surface area (Å²) in [7, 11) is 0. The molecule has 0 saturated carbocycles. The zero-order chi connectivity index (χ0) is 27.9. The van der Waals surface area contributed by atoms with E-state index in [9.17, 15) is 0 Å². The third kappa shape index (κ3) is 8.22. The van der Waals surface area contributed by atoms with Gasteiger partial charge in [0.05, 0.1) is 25.4 Å². The van der Waals surface area contributed by atoms with Crippen LogP contribution in [-0.2, 0) is 25.7 Å². The second kappa shape index (κ2) is 15.8. The molecule has 0 fully saturated rings. The number of allylic oxidation sites excluding steroid dienone is 2. The highest BCUT2D eigenvalue weighted by Crippen LogP contribution is 2.59. The first kappa shape index (κ1) is 31.6. The molecule has 4 bridgehead atoms. The summed E-state index contributed by atoms with van der Waals surface area (Å²) in [6.07, 6.45) is 4.07. The maximum Gasteiger partial charge on any atom is 0.0659 e. The van der Waals surface area contributed by atoms with Gasteiger partial charge in [-0.15, -0.1) is 47.0 Å². The third-order valence-corrected chi connectivity index (χ3v) is 17.4. The minimum atomic E-state index is 1.02. The van der Waals surface area contributed by atoms with E-state index < -0.39 is 0 Å². The van der Waals surface area contributed by atoms with Crippen molar-refractivity contribution >= 4 is 94.1 Å². The Morgan fingerprint density at radius 2 is 0.650 bits per heavy atom. The van der Waals surface area contributed by atoms with Gasteiger partial charge in [-0.05, 0) is 82.1 Å².